The molecular formula is C29H28FN3O6S2. The first-order chi connectivity index (χ1) is 19.4. The number of sulfonamides is 2. The summed E-state index contributed by atoms with van der Waals surface area (Å²) >= 11 is 0. The Labute approximate surface area is 238 Å². The second kappa shape index (κ2) is 12.0. The molecule has 12 heteroatoms. The van der Waals surface area contributed by atoms with E-state index in [4.69, 9.17) is 4.74 Å². The lowest BCUT2D eigenvalue weighted by molar-refractivity contribution is -0.114. The van der Waals surface area contributed by atoms with Crippen LogP contribution in [0, 0.1) is 19.7 Å². The third kappa shape index (κ3) is 7.02. The van der Waals surface area contributed by atoms with Gasteiger partial charge >= 0.3 is 0 Å². The van der Waals surface area contributed by atoms with E-state index in [-0.39, 0.29) is 21.2 Å². The highest BCUT2D eigenvalue weighted by molar-refractivity contribution is 7.93. The van der Waals surface area contributed by atoms with E-state index in [0.717, 1.165) is 27.6 Å². The van der Waals surface area contributed by atoms with Crippen LogP contribution in [0.2, 0.25) is 0 Å². The number of amides is 1. The number of aryl methyl sites for hydroxylation is 2. The number of hydrogen-bond acceptors (Lipinski definition) is 6. The number of methoxy groups -OCH3 is 1. The Balaban J connectivity index is 1.52. The minimum Gasteiger partial charge on any atom is -0.497 e. The van der Waals surface area contributed by atoms with Gasteiger partial charge in [-0.3, -0.25) is 13.8 Å². The SMILES string of the molecule is COc1ccc(S(=O)(=O)N(CC(=O)Nc2ccc(S(=O)(=O)Nc3ccc(C)c(C)c3)cc2)c2ccc(F)cc2)cc1. The van der Waals surface area contributed by atoms with E-state index in [1.165, 1.54) is 67.8 Å². The van der Waals surface area contributed by atoms with E-state index in [1.54, 1.807) is 12.1 Å². The lowest BCUT2D eigenvalue weighted by atomic mass is 10.1. The van der Waals surface area contributed by atoms with Crippen LogP contribution >= 0.6 is 0 Å². The van der Waals surface area contributed by atoms with Crippen LogP contribution in [-0.2, 0) is 24.8 Å². The van der Waals surface area contributed by atoms with E-state index in [9.17, 15) is 26.0 Å². The van der Waals surface area contributed by atoms with Crippen molar-refractivity contribution in [1.29, 1.82) is 0 Å². The van der Waals surface area contributed by atoms with Gasteiger partial charge in [0.25, 0.3) is 20.0 Å². The number of ether oxygens (including phenoxy) is 1. The fourth-order valence-electron chi connectivity index (χ4n) is 3.86. The Morgan fingerprint density at radius 1 is 0.780 bits per heavy atom. The van der Waals surface area contributed by atoms with Crippen molar-refractivity contribution >= 4 is 43.0 Å². The Morgan fingerprint density at radius 3 is 1.95 bits per heavy atom. The Hall–Kier alpha value is -4.42. The van der Waals surface area contributed by atoms with E-state index < -0.39 is 38.3 Å². The third-order valence-electron chi connectivity index (χ3n) is 6.26. The van der Waals surface area contributed by atoms with Crippen molar-refractivity contribution in [2.45, 2.75) is 23.6 Å². The van der Waals surface area contributed by atoms with Gasteiger partial charge in [0.05, 0.1) is 22.6 Å². The first-order valence-corrected chi connectivity index (χ1v) is 15.2. The van der Waals surface area contributed by atoms with Crippen LogP contribution in [0.25, 0.3) is 0 Å². The zero-order chi connectivity index (χ0) is 29.8. The first-order valence-electron chi connectivity index (χ1n) is 12.3. The van der Waals surface area contributed by atoms with Crippen LogP contribution in [-0.4, -0.2) is 36.4 Å². The van der Waals surface area contributed by atoms with Gasteiger partial charge in [0.2, 0.25) is 5.91 Å². The molecular weight excluding hydrogens is 569 g/mol. The average Bonchev–Trinajstić information content (AvgIpc) is 2.94. The zero-order valence-electron chi connectivity index (χ0n) is 22.5. The Bertz CT molecular complexity index is 1760. The fraction of sp³-hybridized carbons (Fsp3) is 0.138. The van der Waals surface area contributed by atoms with Crippen LogP contribution in [0.15, 0.2) is 101 Å². The monoisotopic (exact) mass is 597 g/mol. The molecule has 0 aliphatic heterocycles. The quantitative estimate of drug-likeness (QED) is 0.263. The standard InChI is InChI=1S/C29H28FN3O6S2/c1-20-4-7-24(18-21(20)2)32-40(35,36)27-14-8-23(9-15-27)31-29(34)19-33(25-10-5-22(30)6-11-25)41(37,38)28-16-12-26(39-3)13-17-28/h4-18,32H,19H2,1-3H3,(H,31,34). The topological polar surface area (TPSA) is 122 Å². The number of nitrogens with zero attached hydrogens (tertiary/aromatic N) is 1. The van der Waals surface area contributed by atoms with Crippen LogP contribution < -0.4 is 19.1 Å². The number of halogens is 1. The van der Waals surface area contributed by atoms with Crippen molar-refractivity contribution in [3.05, 3.63) is 108 Å². The molecule has 0 fully saturated rings. The summed E-state index contributed by atoms with van der Waals surface area (Å²) in [7, 11) is -6.68. The van der Waals surface area contributed by atoms with Crippen molar-refractivity contribution in [3.63, 3.8) is 0 Å². The fourth-order valence-corrected chi connectivity index (χ4v) is 6.34. The Morgan fingerprint density at radius 2 is 1.37 bits per heavy atom. The molecule has 41 heavy (non-hydrogen) atoms. The van der Waals surface area contributed by atoms with Crippen molar-refractivity contribution < 1.29 is 30.8 Å². The van der Waals surface area contributed by atoms with Crippen LogP contribution in [0.3, 0.4) is 0 Å². The number of carbonyl (C=O) groups excluding carboxylic acids is 1. The van der Waals surface area contributed by atoms with Crippen LogP contribution in [0.1, 0.15) is 11.1 Å². The number of carbonyl (C=O) groups is 1. The summed E-state index contributed by atoms with van der Waals surface area (Å²) in [4.78, 5) is 12.9. The van der Waals surface area contributed by atoms with Gasteiger partial charge in [0.1, 0.15) is 18.1 Å². The smallest absolute Gasteiger partial charge is 0.264 e. The first kappa shape index (κ1) is 29.6. The number of nitrogens with one attached hydrogen (secondary N) is 2. The lowest BCUT2D eigenvalue weighted by Crippen LogP contribution is -2.38. The molecule has 9 nitrogen and oxygen atoms in total. The van der Waals surface area contributed by atoms with Crippen LogP contribution in [0.4, 0.5) is 21.5 Å². The molecule has 0 aromatic heterocycles. The molecule has 0 saturated heterocycles. The normalized spacial score (nSPS) is 11.5. The van der Waals surface area contributed by atoms with E-state index in [1.807, 2.05) is 19.9 Å². The van der Waals surface area contributed by atoms with E-state index in [0.29, 0.717) is 11.4 Å². The molecule has 4 rings (SSSR count). The molecule has 4 aromatic rings. The molecule has 0 unspecified atom stereocenters. The molecule has 0 aliphatic carbocycles. The Kier molecular flexibility index (Phi) is 8.64. The maximum atomic E-state index is 13.6. The lowest BCUT2D eigenvalue weighted by Gasteiger charge is -2.24. The van der Waals surface area contributed by atoms with E-state index in [2.05, 4.69) is 10.0 Å². The summed E-state index contributed by atoms with van der Waals surface area (Å²) in [5.74, 6) is -0.818. The van der Waals surface area contributed by atoms with Crippen molar-refractivity contribution in [2.75, 3.05) is 28.0 Å². The molecule has 0 bridgehead atoms. The number of anilines is 3. The van der Waals surface area contributed by atoms with Crippen molar-refractivity contribution in [1.82, 2.24) is 0 Å². The predicted molar refractivity (Wildman–Crippen MR) is 156 cm³/mol. The highest BCUT2D eigenvalue weighted by Gasteiger charge is 2.27. The summed E-state index contributed by atoms with van der Waals surface area (Å²) in [6.07, 6.45) is 0. The molecule has 2 N–H and O–H groups in total. The summed E-state index contributed by atoms with van der Waals surface area (Å²) in [5.41, 5.74) is 2.72. The van der Waals surface area contributed by atoms with Gasteiger partial charge in [0, 0.05) is 11.4 Å². The molecule has 0 atom stereocenters. The molecule has 4 aromatic carbocycles. The zero-order valence-corrected chi connectivity index (χ0v) is 24.1. The number of benzene rings is 4. The number of rotatable bonds is 10. The number of hydrogen-bond donors (Lipinski definition) is 2. The van der Waals surface area contributed by atoms with Gasteiger partial charge in [-0.15, -0.1) is 0 Å². The molecule has 0 radical (unpaired) electrons. The summed E-state index contributed by atoms with van der Waals surface area (Å²) in [6, 6.07) is 21.0. The third-order valence-corrected chi connectivity index (χ3v) is 9.44. The maximum Gasteiger partial charge on any atom is 0.264 e. The second-order valence-electron chi connectivity index (χ2n) is 9.14. The van der Waals surface area contributed by atoms with Gasteiger partial charge in [-0.05, 0) is 110 Å². The van der Waals surface area contributed by atoms with Gasteiger partial charge in [-0.25, -0.2) is 21.2 Å². The molecule has 0 spiro atoms. The van der Waals surface area contributed by atoms with Gasteiger partial charge in [-0.2, -0.15) is 0 Å². The molecule has 0 heterocycles. The summed E-state index contributed by atoms with van der Waals surface area (Å²) < 4.78 is 74.7. The minimum atomic E-state index is -4.23. The minimum absolute atomic E-state index is 0.0243. The highest BCUT2D eigenvalue weighted by atomic mass is 32.2. The molecule has 0 aliphatic rings. The van der Waals surface area contributed by atoms with Crippen LogP contribution in [0.5, 0.6) is 5.75 Å². The largest absolute Gasteiger partial charge is 0.497 e. The molecule has 1 amide bonds. The van der Waals surface area contributed by atoms with E-state index >= 15 is 0 Å². The average molecular weight is 598 g/mol. The maximum absolute atomic E-state index is 13.6. The summed E-state index contributed by atoms with van der Waals surface area (Å²) in [6.45, 7) is 3.17. The highest BCUT2D eigenvalue weighted by Crippen LogP contribution is 2.26. The predicted octanol–water partition coefficient (Wildman–Crippen LogP) is 5.09. The summed E-state index contributed by atoms with van der Waals surface area (Å²) in [5, 5.41) is 2.58. The molecule has 214 valence electrons. The van der Waals surface area contributed by atoms with Crippen molar-refractivity contribution in [2.24, 2.45) is 0 Å². The van der Waals surface area contributed by atoms with Gasteiger partial charge < -0.3 is 10.1 Å². The second-order valence-corrected chi connectivity index (χ2v) is 12.7. The van der Waals surface area contributed by atoms with Gasteiger partial charge in [-0.1, -0.05) is 6.07 Å². The van der Waals surface area contributed by atoms with Gasteiger partial charge in [0.15, 0.2) is 0 Å². The molecule has 0 saturated carbocycles. The van der Waals surface area contributed by atoms with Crippen molar-refractivity contribution in [3.8, 4) is 5.75 Å².